The third-order valence-electron chi connectivity index (χ3n) is 4.89. The van der Waals surface area contributed by atoms with Crippen LogP contribution in [0.5, 0.6) is 0 Å². The van der Waals surface area contributed by atoms with Gasteiger partial charge in [-0.2, -0.15) is 0 Å². The molecule has 1 unspecified atom stereocenters. The highest BCUT2D eigenvalue weighted by atomic mass is 35.5. The molecule has 0 aliphatic carbocycles. The van der Waals surface area contributed by atoms with Gasteiger partial charge in [0.2, 0.25) is 10.0 Å². The lowest BCUT2D eigenvalue weighted by Crippen LogP contribution is -2.40. The number of fused-ring (bicyclic) bond motifs is 2. The number of halogens is 1. The smallest absolute Gasteiger partial charge is 0.240 e. The molecular formula is C22H25ClN4O2S. The second kappa shape index (κ2) is 9.57. The lowest BCUT2D eigenvalue weighted by atomic mass is 10.2. The van der Waals surface area contributed by atoms with Crippen LogP contribution in [0.1, 0.15) is 12.6 Å². The van der Waals surface area contributed by atoms with Gasteiger partial charge in [0.15, 0.2) is 0 Å². The largest absolute Gasteiger partial charge is 0.358 e. The van der Waals surface area contributed by atoms with E-state index in [2.05, 4.69) is 38.2 Å². The molecule has 8 heteroatoms. The van der Waals surface area contributed by atoms with Crippen LogP contribution in [0.4, 0.5) is 0 Å². The lowest BCUT2D eigenvalue weighted by Gasteiger charge is -2.15. The van der Waals surface area contributed by atoms with Gasteiger partial charge >= 0.3 is 0 Å². The average molecular weight is 445 g/mol. The Morgan fingerprint density at radius 2 is 1.87 bits per heavy atom. The molecule has 0 radical (unpaired) electrons. The van der Waals surface area contributed by atoms with Crippen molar-refractivity contribution in [3.05, 3.63) is 72.7 Å². The Labute approximate surface area is 182 Å². The average Bonchev–Trinajstić information content (AvgIpc) is 3.13. The molecule has 0 spiro atoms. The monoisotopic (exact) mass is 444 g/mol. The van der Waals surface area contributed by atoms with Crippen LogP contribution in [-0.4, -0.2) is 37.5 Å². The van der Waals surface area contributed by atoms with Crippen molar-refractivity contribution in [3.63, 3.8) is 0 Å². The number of aromatic nitrogens is 2. The summed E-state index contributed by atoms with van der Waals surface area (Å²) in [5, 5.41) is 6.30. The number of rotatable bonds is 8. The van der Waals surface area contributed by atoms with Gasteiger partial charge in [-0.05, 0) is 54.4 Å². The molecule has 4 rings (SSSR count). The highest BCUT2D eigenvalue weighted by Crippen LogP contribution is 2.18. The summed E-state index contributed by atoms with van der Waals surface area (Å²) < 4.78 is 28.1. The summed E-state index contributed by atoms with van der Waals surface area (Å²) in [4.78, 5) is 7.72. The number of nitrogens with one attached hydrogen (secondary N) is 3. The molecule has 0 amide bonds. The summed E-state index contributed by atoms with van der Waals surface area (Å²) in [6.07, 6.45) is 4.23. The van der Waals surface area contributed by atoms with Crippen LogP contribution in [0, 0.1) is 0 Å². The minimum absolute atomic E-state index is 0. The molecule has 0 aliphatic heterocycles. The molecule has 0 fully saturated rings. The summed E-state index contributed by atoms with van der Waals surface area (Å²) in [7, 11) is -3.57. The third-order valence-corrected chi connectivity index (χ3v) is 6.47. The molecule has 0 saturated carbocycles. The van der Waals surface area contributed by atoms with Crippen LogP contribution in [-0.2, 0) is 16.4 Å². The molecule has 2 heterocycles. The Hall–Kier alpha value is -2.45. The first kappa shape index (κ1) is 22.2. The van der Waals surface area contributed by atoms with Crippen LogP contribution in [0.3, 0.4) is 0 Å². The maximum absolute atomic E-state index is 12.7. The summed E-state index contributed by atoms with van der Waals surface area (Å²) >= 11 is 0. The van der Waals surface area contributed by atoms with Gasteiger partial charge in [0.25, 0.3) is 0 Å². The molecule has 3 N–H and O–H groups in total. The predicted molar refractivity (Wildman–Crippen MR) is 124 cm³/mol. The van der Waals surface area contributed by atoms with Crippen molar-refractivity contribution in [3.8, 4) is 0 Å². The molecule has 2 aromatic heterocycles. The minimum Gasteiger partial charge on any atom is -0.358 e. The van der Waals surface area contributed by atoms with Crippen molar-refractivity contribution < 1.29 is 8.42 Å². The van der Waals surface area contributed by atoms with Gasteiger partial charge in [0.1, 0.15) is 0 Å². The van der Waals surface area contributed by atoms with Crippen LogP contribution >= 0.6 is 12.4 Å². The third kappa shape index (κ3) is 5.17. The molecule has 4 aromatic rings. The number of hydrogen-bond donors (Lipinski definition) is 3. The van der Waals surface area contributed by atoms with Crippen molar-refractivity contribution in [1.82, 2.24) is 20.0 Å². The zero-order valence-corrected chi connectivity index (χ0v) is 18.3. The number of hydrogen-bond acceptors (Lipinski definition) is 4. The van der Waals surface area contributed by atoms with Gasteiger partial charge in [-0.15, -0.1) is 12.4 Å². The van der Waals surface area contributed by atoms with E-state index in [1.807, 2.05) is 25.1 Å². The second-order valence-electron chi connectivity index (χ2n) is 7.24. The van der Waals surface area contributed by atoms with Gasteiger partial charge in [-0.1, -0.05) is 24.3 Å². The van der Waals surface area contributed by atoms with Crippen LogP contribution in [0.15, 0.2) is 71.9 Å². The Kier molecular flexibility index (Phi) is 7.10. The minimum atomic E-state index is -3.57. The number of nitrogens with zero attached hydrogens (tertiary/aromatic N) is 1. The first-order valence-electron chi connectivity index (χ1n) is 9.65. The van der Waals surface area contributed by atoms with Gasteiger partial charge < -0.3 is 10.3 Å². The number of benzene rings is 2. The molecule has 1 atom stereocenters. The normalized spacial score (nSPS) is 12.7. The molecule has 2 aromatic carbocycles. The molecule has 0 saturated heterocycles. The topological polar surface area (TPSA) is 86.9 Å². The van der Waals surface area contributed by atoms with Crippen LogP contribution in [0.2, 0.25) is 0 Å². The molecule has 6 nitrogen and oxygen atoms in total. The summed E-state index contributed by atoms with van der Waals surface area (Å²) in [5.74, 6) is 0. The summed E-state index contributed by atoms with van der Waals surface area (Å²) in [6, 6.07) is 17.0. The Bertz CT molecular complexity index is 1210. The Morgan fingerprint density at radius 1 is 1.03 bits per heavy atom. The van der Waals surface area contributed by atoms with Crippen LogP contribution < -0.4 is 10.0 Å². The highest BCUT2D eigenvalue weighted by Gasteiger charge is 2.17. The SMILES string of the molecule is CC(CNCCc1cc2ccccc2[nH]1)NS(=O)(=O)c1ccc2cnccc2c1.Cl. The molecular weight excluding hydrogens is 420 g/mol. The van der Waals surface area contributed by atoms with Crippen molar-refractivity contribution >= 4 is 44.1 Å². The summed E-state index contributed by atoms with van der Waals surface area (Å²) in [5.41, 5.74) is 2.30. The zero-order valence-electron chi connectivity index (χ0n) is 16.6. The molecule has 0 aliphatic rings. The van der Waals surface area contributed by atoms with E-state index in [9.17, 15) is 8.42 Å². The van der Waals surface area contributed by atoms with E-state index in [1.54, 1.807) is 30.6 Å². The summed E-state index contributed by atoms with van der Waals surface area (Å²) in [6.45, 7) is 3.18. The fraction of sp³-hybridized carbons (Fsp3) is 0.227. The quantitative estimate of drug-likeness (QED) is 0.362. The van der Waals surface area contributed by atoms with Gasteiger partial charge in [0.05, 0.1) is 4.90 Å². The number of H-pyrrole nitrogens is 1. The molecule has 0 bridgehead atoms. The Morgan fingerprint density at radius 3 is 2.70 bits per heavy atom. The fourth-order valence-electron chi connectivity index (χ4n) is 3.41. The number of para-hydroxylation sites is 1. The van der Waals surface area contributed by atoms with Crippen molar-refractivity contribution in [2.75, 3.05) is 13.1 Å². The lowest BCUT2D eigenvalue weighted by molar-refractivity contribution is 0.537. The van der Waals surface area contributed by atoms with E-state index in [0.29, 0.717) is 6.54 Å². The van der Waals surface area contributed by atoms with Crippen molar-refractivity contribution in [2.24, 2.45) is 0 Å². The van der Waals surface area contributed by atoms with Crippen molar-refractivity contribution in [2.45, 2.75) is 24.3 Å². The van der Waals surface area contributed by atoms with E-state index in [-0.39, 0.29) is 23.3 Å². The standard InChI is InChI=1S/C22H24N4O2S.ClH/c1-16(14-23-11-9-20-12-18-4-2-3-5-22(18)25-20)26-29(27,28)21-7-6-19-15-24-10-8-17(19)13-21;/h2-8,10,12-13,15-16,23,25-26H,9,11,14H2,1H3;1H. The predicted octanol–water partition coefficient (Wildman–Crippen LogP) is 3.64. The second-order valence-corrected chi connectivity index (χ2v) is 8.96. The van der Waals surface area contributed by atoms with E-state index in [1.165, 1.54) is 5.39 Å². The number of sulfonamides is 1. The fourth-order valence-corrected chi connectivity index (χ4v) is 4.69. The number of pyridine rings is 1. The molecule has 30 heavy (non-hydrogen) atoms. The van der Waals surface area contributed by atoms with E-state index >= 15 is 0 Å². The van der Waals surface area contributed by atoms with Gasteiger partial charge in [-0.3, -0.25) is 4.98 Å². The maximum Gasteiger partial charge on any atom is 0.240 e. The van der Waals surface area contributed by atoms with Gasteiger partial charge in [0, 0.05) is 48.1 Å². The van der Waals surface area contributed by atoms with Crippen molar-refractivity contribution in [1.29, 1.82) is 0 Å². The maximum atomic E-state index is 12.7. The van der Waals surface area contributed by atoms with E-state index < -0.39 is 10.0 Å². The van der Waals surface area contributed by atoms with E-state index in [4.69, 9.17) is 0 Å². The zero-order chi connectivity index (χ0) is 20.3. The first-order chi connectivity index (χ1) is 14.0. The Balaban J connectivity index is 0.00000256. The van der Waals surface area contributed by atoms with E-state index in [0.717, 1.165) is 34.9 Å². The van der Waals surface area contributed by atoms with Gasteiger partial charge in [-0.25, -0.2) is 13.1 Å². The first-order valence-corrected chi connectivity index (χ1v) is 11.1. The van der Waals surface area contributed by atoms with Crippen LogP contribution in [0.25, 0.3) is 21.7 Å². The highest BCUT2D eigenvalue weighted by molar-refractivity contribution is 7.89. The number of aromatic amines is 1. The molecule has 158 valence electrons.